The Morgan fingerprint density at radius 3 is 2.24 bits per heavy atom. The van der Waals surface area contributed by atoms with Gasteiger partial charge >= 0.3 is 0 Å². The molecule has 0 heterocycles. The Bertz CT molecular complexity index is 576. The van der Waals surface area contributed by atoms with Gasteiger partial charge in [-0.25, -0.2) is 0 Å². The first kappa shape index (κ1) is 15.2. The largest absolute Gasteiger partial charge is 0.490 e. The summed E-state index contributed by atoms with van der Waals surface area (Å²) in [5.74, 6) is 2.10. The van der Waals surface area contributed by atoms with Crippen molar-refractivity contribution < 1.29 is 9.47 Å². The lowest BCUT2D eigenvalue weighted by molar-refractivity contribution is 0.218. The molecule has 0 saturated heterocycles. The molecule has 2 aromatic rings. The van der Waals surface area contributed by atoms with E-state index in [2.05, 4.69) is 26.0 Å². The van der Waals surface area contributed by atoms with Crippen molar-refractivity contribution in [1.82, 2.24) is 0 Å². The van der Waals surface area contributed by atoms with Crippen LogP contribution in [0.4, 0.5) is 5.69 Å². The molecule has 21 heavy (non-hydrogen) atoms. The van der Waals surface area contributed by atoms with E-state index in [0.717, 1.165) is 11.3 Å². The molecule has 2 N–H and O–H groups in total. The second-order valence-electron chi connectivity index (χ2n) is 5.46. The summed E-state index contributed by atoms with van der Waals surface area (Å²) in [7, 11) is 0. The fraction of sp³-hybridized carbons (Fsp3) is 0.333. The number of nitrogens with two attached hydrogens (primary N) is 1. The van der Waals surface area contributed by atoms with E-state index in [4.69, 9.17) is 15.2 Å². The lowest BCUT2D eigenvalue weighted by atomic mass is 10.0. The van der Waals surface area contributed by atoms with Crippen LogP contribution in [-0.2, 0) is 0 Å². The minimum atomic E-state index is 0.471. The van der Waals surface area contributed by atoms with Gasteiger partial charge in [-0.05, 0) is 48.2 Å². The first-order chi connectivity index (χ1) is 10.1. The molecule has 0 aliphatic carbocycles. The summed E-state index contributed by atoms with van der Waals surface area (Å²) in [4.78, 5) is 0. The molecule has 0 aromatic heterocycles. The molecule has 112 valence electrons. The maximum absolute atomic E-state index is 5.89. The van der Waals surface area contributed by atoms with Crippen molar-refractivity contribution >= 4 is 5.69 Å². The number of anilines is 1. The van der Waals surface area contributed by atoms with E-state index in [1.165, 1.54) is 5.56 Å². The van der Waals surface area contributed by atoms with Gasteiger partial charge in [0.05, 0.1) is 5.69 Å². The van der Waals surface area contributed by atoms with Crippen molar-refractivity contribution in [3.05, 3.63) is 53.6 Å². The van der Waals surface area contributed by atoms with Gasteiger partial charge in [0.15, 0.2) is 0 Å². The highest BCUT2D eigenvalue weighted by atomic mass is 16.5. The van der Waals surface area contributed by atoms with Crippen LogP contribution in [-0.4, -0.2) is 13.2 Å². The molecule has 0 amide bonds. The minimum Gasteiger partial charge on any atom is -0.490 e. The summed E-state index contributed by atoms with van der Waals surface area (Å²) in [5, 5.41) is 0. The molecule has 0 atom stereocenters. The maximum Gasteiger partial charge on any atom is 0.142 e. The van der Waals surface area contributed by atoms with Gasteiger partial charge in [0.2, 0.25) is 0 Å². The zero-order chi connectivity index (χ0) is 15.2. The van der Waals surface area contributed by atoms with Gasteiger partial charge < -0.3 is 15.2 Å². The van der Waals surface area contributed by atoms with Gasteiger partial charge in [0.25, 0.3) is 0 Å². The molecule has 2 aromatic carbocycles. The van der Waals surface area contributed by atoms with E-state index in [9.17, 15) is 0 Å². The third-order valence-electron chi connectivity index (χ3n) is 3.32. The summed E-state index contributed by atoms with van der Waals surface area (Å²) >= 11 is 0. The third kappa shape index (κ3) is 4.42. The van der Waals surface area contributed by atoms with E-state index in [0.29, 0.717) is 30.6 Å². The molecule has 0 bridgehead atoms. The second kappa shape index (κ2) is 7.02. The molecular weight excluding hydrogens is 262 g/mol. The van der Waals surface area contributed by atoms with E-state index in [1.54, 1.807) is 0 Å². The van der Waals surface area contributed by atoms with Crippen molar-refractivity contribution in [1.29, 1.82) is 0 Å². The highest BCUT2D eigenvalue weighted by molar-refractivity contribution is 5.53. The van der Waals surface area contributed by atoms with E-state index in [-0.39, 0.29) is 0 Å². The number of nitrogen functional groups attached to an aromatic ring is 1. The number of aryl methyl sites for hydroxylation is 1. The van der Waals surface area contributed by atoms with Crippen molar-refractivity contribution in [2.24, 2.45) is 0 Å². The van der Waals surface area contributed by atoms with Gasteiger partial charge in [-0.15, -0.1) is 0 Å². The predicted octanol–water partition coefficient (Wildman–Crippen LogP) is 4.16. The van der Waals surface area contributed by atoms with Crippen LogP contribution in [0.5, 0.6) is 11.5 Å². The average molecular weight is 285 g/mol. The highest BCUT2D eigenvalue weighted by Crippen LogP contribution is 2.22. The van der Waals surface area contributed by atoms with Crippen LogP contribution < -0.4 is 15.2 Å². The van der Waals surface area contributed by atoms with Gasteiger partial charge in [0.1, 0.15) is 24.7 Å². The zero-order valence-electron chi connectivity index (χ0n) is 12.9. The molecular formula is C18H23NO2. The molecule has 0 fully saturated rings. The Kier molecular flexibility index (Phi) is 5.09. The number of benzene rings is 2. The van der Waals surface area contributed by atoms with Crippen LogP contribution in [0.25, 0.3) is 0 Å². The topological polar surface area (TPSA) is 44.5 Å². The summed E-state index contributed by atoms with van der Waals surface area (Å²) in [6.45, 7) is 7.32. The van der Waals surface area contributed by atoms with Crippen molar-refractivity contribution in [3.8, 4) is 11.5 Å². The van der Waals surface area contributed by atoms with Gasteiger partial charge in [0, 0.05) is 0 Å². The minimum absolute atomic E-state index is 0.471. The summed E-state index contributed by atoms with van der Waals surface area (Å²) in [5.41, 5.74) is 8.99. The van der Waals surface area contributed by atoms with Gasteiger partial charge in [-0.1, -0.05) is 32.0 Å². The van der Waals surface area contributed by atoms with Crippen LogP contribution in [0.3, 0.4) is 0 Å². The molecule has 3 nitrogen and oxygen atoms in total. The van der Waals surface area contributed by atoms with Crippen LogP contribution in [0.1, 0.15) is 30.9 Å². The van der Waals surface area contributed by atoms with Crippen LogP contribution in [0.2, 0.25) is 0 Å². The van der Waals surface area contributed by atoms with E-state index < -0.39 is 0 Å². The molecule has 0 aliphatic heterocycles. The Morgan fingerprint density at radius 2 is 1.62 bits per heavy atom. The van der Waals surface area contributed by atoms with Crippen molar-refractivity contribution in [2.45, 2.75) is 26.7 Å². The maximum atomic E-state index is 5.89. The van der Waals surface area contributed by atoms with Gasteiger partial charge in [-0.2, -0.15) is 0 Å². The summed E-state index contributed by atoms with van der Waals surface area (Å²) in [6.07, 6.45) is 0. The Morgan fingerprint density at radius 1 is 0.952 bits per heavy atom. The van der Waals surface area contributed by atoms with Crippen molar-refractivity contribution in [2.75, 3.05) is 18.9 Å². The predicted molar refractivity (Wildman–Crippen MR) is 87.1 cm³/mol. The fourth-order valence-corrected chi connectivity index (χ4v) is 2.06. The fourth-order valence-electron chi connectivity index (χ4n) is 2.06. The van der Waals surface area contributed by atoms with Crippen LogP contribution in [0, 0.1) is 6.92 Å². The standard InChI is InChI=1S/C18H23NO2/c1-13(2)15-5-7-16(8-6-15)20-10-11-21-18-9-4-14(3)12-17(18)19/h4-9,12-13H,10-11,19H2,1-3H3. The molecule has 0 unspecified atom stereocenters. The lowest BCUT2D eigenvalue weighted by Gasteiger charge is -2.11. The number of hydrogen-bond donors (Lipinski definition) is 1. The van der Waals surface area contributed by atoms with Crippen LogP contribution in [0.15, 0.2) is 42.5 Å². The molecule has 0 aliphatic rings. The Hall–Kier alpha value is -2.16. The smallest absolute Gasteiger partial charge is 0.142 e. The normalized spacial score (nSPS) is 10.7. The second-order valence-corrected chi connectivity index (χ2v) is 5.46. The third-order valence-corrected chi connectivity index (χ3v) is 3.32. The molecule has 0 radical (unpaired) electrons. The monoisotopic (exact) mass is 285 g/mol. The molecule has 2 rings (SSSR count). The molecule has 3 heteroatoms. The van der Waals surface area contributed by atoms with E-state index >= 15 is 0 Å². The molecule has 0 saturated carbocycles. The van der Waals surface area contributed by atoms with Crippen molar-refractivity contribution in [3.63, 3.8) is 0 Å². The average Bonchev–Trinajstić information content (AvgIpc) is 2.46. The van der Waals surface area contributed by atoms with Crippen LogP contribution >= 0.6 is 0 Å². The quantitative estimate of drug-likeness (QED) is 0.640. The summed E-state index contributed by atoms with van der Waals surface area (Å²) in [6, 6.07) is 14.0. The number of hydrogen-bond acceptors (Lipinski definition) is 3. The number of rotatable bonds is 6. The highest BCUT2D eigenvalue weighted by Gasteiger charge is 2.02. The lowest BCUT2D eigenvalue weighted by Crippen LogP contribution is -2.10. The number of ether oxygens (including phenoxy) is 2. The first-order valence-electron chi connectivity index (χ1n) is 7.28. The first-order valence-corrected chi connectivity index (χ1v) is 7.28. The summed E-state index contributed by atoms with van der Waals surface area (Å²) < 4.78 is 11.3. The SMILES string of the molecule is Cc1ccc(OCCOc2ccc(C(C)C)cc2)c(N)c1. The van der Waals surface area contributed by atoms with E-state index in [1.807, 2.05) is 37.3 Å². The zero-order valence-corrected chi connectivity index (χ0v) is 12.9. The molecule has 0 spiro atoms. The Balaban J connectivity index is 1.79. The van der Waals surface area contributed by atoms with Gasteiger partial charge in [-0.3, -0.25) is 0 Å². The Labute approximate surface area is 126 Å².